The molecular formula is C16H18N4O3. The van der Waals surface area contributed by atoms with Gasteiger partial charge in [0.15, 0.2) is 5.82 Å². The quantitative estimate of drug-likeness (QED) is 0.636. The molecule has 2 fully saturated rings. The van der Waals surface area contributed by atoms with Crippen LogP contribution in [0.4, 0.5) is 11.4 Å². The van der Waals surface area contributed by atoms with Gasteiger partial charge in [-0.05, 0) is 31.7 Å². The molecule has 23 heavy (non-hydrogen) atoms. The Balaban J connectivity index is 1.55. The van der Waals surface area contributed by atoms with E-state index in [0.29, 0.717) is 18.2 Å². The summed E-state index contributed by atoms with van der Waals surface area (Å²) >= 11 is 0. The fourth-order valence-corrected chi connectivity index (χ4v) is 3.20. The van der Waals surface area contributed by atoms with Crippen LogP contribution in [0.15, 0.2) is 28.8 Å². The molecule has 7 heteroatoms. The highest BCUT2D eigenvalue weighted by atomic mass is 16.6. The predicted octanol–water partition coefficient (Wildman–Crippen LogP) is 3.24. The highest BCUT2D eigenvalue weighted by Crippen LogP contribution is 2.40. The molecule has 1 aliphatic heterocycles. The second-order valence-corrected chi connectivity index (χ2v) is 6.30. The molecular weight excluding hydrogens is 296 g/mol. The zero-order valence-electron chi connectivity index (χ0n) is 12.7. The van der Waals surface area contributed by atoms with Gasteiger partial charge in [0.2, 0.25) is 5.89 Å². The maximum Gasteiger partial charge on any atom is 0.292 e. The van der Waals surface area contributed by atoms with Crippen LogP contribution in [-0.4, -0.2) is 28.2 Å². The first kappa shape index (κ1) is 14.2. The Morgan fingerprint density at radius 3 is 2.83 bits per heavy atom. The van der Waals surface area contributed by atoms with Gasteiger partial charge in [-0.25, -0.2) is 0 Å². The lowest BCUT2D eigenvalue weighted by atomic mass is 9.96. The summed E-state index contributed by atoms with van der Waals surface area (Å²) in [6, 6.07) is 6.90. The van der Waals surface area contributed by atoms with Crippen LogP contribution in [0.2, 0.25) is 0 Å². The van der Waals surface area contributed by atoms with Gasteiger partial charge in [0, 0.05) is 31.0 Å². The van der Waals surface area contributed by atoms with Gasteiger partial charge in [0.25, 0.3) is 5.69 Å². The molecule has 1 saturated heterocycles. The second-order valence-electron chi connectivity index (χ2n) is 6.30. The van der Waals surface area contributed by atoms with Crippen LogP contribution in [0.3, 0.4) is 0 Å². The molecule has 4 rings (SSSR count). The maximum absolute atomic E-state index is 11.2. The van der Waals surface area contributed by atoms with E-state index in [1.165, 1.54) is 0 Å². The van der Waals surface area contributed by atoms with Gasteiger partial charge >= 0.3 is 0 Å². The Morgan fingerprint density at radius 2 is 2.04 bits per heavy atom. The van der Waals surface area contributed by atoms with Gasteiger partial charge in [-0.1, -0.05) is 17.3 Å². The number of para-hydroxylation sites is 2. The monoisotopic (exact) mass is 314 g/mol. The van der Waals surface area contributed by atoms with Crippen molar-refractivity contribution in [3.8, 4) is 0 Å². The van der Waals surface area contributed by atoms with Crippen LogP contribution >= 0.6 is 0 Å². The van der Waals surface area contributed by atoms with Gasteiger partial charge < -0.3 is 9.42 Å². The number of anilines is 1. The number of aromatic nitrogens is 2. The summed E-state index contributed by atoms with van der Waals surface area (Å²) in [5, 5.41) is 15.4. The molecule has 2 heterocycles. The SMILES string of the molecule is O=[N+]([O-])c1ccccc1N1CCC[C@@H](c2noc(C3CC3)n2)C1. The third-order valence-corrected chi connectivity index (χ3v) is 4.59. The highest BCUT2D eigenvalue weighted by molar-refractivity contribution is 5.63. The van der Waals surface area contributed by atoms with Crippen LogP contribution in [0.5, 0.6) is 0 Å². The molecule has 0 bridgehead atoms. The van der Waals surface area contributed by atoms with Crippen molar-refractivity contribution in [3.05, 3.63) is 46.1 Å². The molecule has 1 aliphatic carbocycles. The van der Waals surface area contributed by atoms with Gasteiger partial charge in [0.1, 0.15) is 5.69 Å². The summed E-state index contributed by atoms with van der Waals surface area (Å²) in [6.45, 7) is 1.50. The van der Waals surface area contributed by atoms with E-state index in [0.717, 1.165) is 43.9 Å². The number of hydrogen-bond donors (Lipinski definition) is 0. The Labute approximate surface area is 133 Å². The van der Waals surface area contributed by atoms with E-state index < -0.39 is 0 Å². The molecule has 0 spiro atoms. The molecule has 1 aromatic carbocycles. The largest absolute Gasteiger partial charge is 0.365 e. The molecule has 7 nitrogen and oxygen atoms in total. The Hall–Kier alpha value is -2.44. The van der Waals surface area contributed by atoms with Crippen LogP contribution in [0, 0.1) is 10.1 Å². The third kappa shape index (κ3) is 2.78. The maximum atomic E-state index is 11.2. The average molecular weight is 314 g/mol. The smallest absolute Gasteiger partial charge is 0.292 e. The Morgan fingerprint density at radius 1 is 1.22 bits per heavy atom. The van der Waals surface area contributed by atoms with Crippen LogP contribution in [-0.2, 0) is 0 Å². The molecule has 0 amide bonds. The van der Waals surface area contributed by atoms with Crippen LogP contribution < -0.4 is 4.90 Å². The molecule has 1 saturated carbocycles. The zero-order chi connectivity index (χ0) is 15.8. The molecule has 0 radical (unpaired) electrons. The molecule has 120 valence electrons. The molecule has 2 aliphatic rings. The van der Waals surface area contributed by atoms with E-state index in [4.69, 9.17) is 4.52 Å². The van der Waals surface area contributed by atoms with E-state index in [2.05, 4.69) is 15.0 Å². The highest BCUT2D eigenvalue weighted by Gasteiger charge is 2.33. The number of piperidine rings is 1. The van der Waals surface area contributed by atoms with Crippen molar-refractivity contribution >= 4 is 11.4 Å². The first-order chi connectivity index (χ1) is 11.2. The molecule has 0 N–H and O–H groups in total. The lowest BCUT2D eigenvalue weighted by Gasteiger charge is -2.32. The molecule has 1 aromatic heterocycles. The second kappa shape index (κ2) is 5.64. The topological polar surface area (TPSA) is 85.3 Å². The zero-order valence-corrected chi connectivity index (χ0v) is 12.7. The average Bonchev–Trinajstić information content (AvgIpc) is 3.32. The van der Waals surface area contributed by atoms with E-state index in [-0.39, 0.29) is 16.5 Å². The van der Waals surface area contributed by atoms with Crippen molar-refractivity contribution in [2.24, 2.45) is 0 Å². The minimum Gasteiger partial charge on any atom is -0.365 e. The lowest BCUT2D eigenvalue weighted by Crippen LogP contribution is -2.35. The summed E-state index contributed by atoms with van der Waals surface area (Å²) in [7, 11) is 0. The van der Waals surface area contributed by atoms with Crippen molar-refractivity contribution in [1.82, 2.24) is 10.1 Å². The molecule has 1 atom stereocenters. The number of benzene rings is 1. The van der Waals surface area contributed by atoms with E-state index >= 15 is 0 Å². The summed E-state index contributed by atoms with van der Waals surface area (Å²) in [5.41, 5.74) is 0.827. The summed E-state index contributed by atoms with van der Waals surface area (Å²) in [5.74, 6) is 2.11. The van der Waals surface area contributed by atoms with Crippen molar-refractivity contribution in [2.75, 3.05) is 18.0 Å². The van der Waals surface area contributed by atoms with E-state index in [9.17, 15) is 10.1 Å². The van der Waals surface area contributed by atoms with Crippen molar-refractivity contribution < 1.29 is 9.45 Å². The number of rotatable bonds is 4. The minimum absolute atomic E-state index is 0.153. The number of nitrogens with zero attached hydrogens (tertiary/aromatic N) is 4. The van der Waals surface area contributed by atoms with Crippen LogP contribution in [0.1, 0.15) is 49.2 Å². The Bertz CT molecular complexity index is 726. The van der Waals surface area contributed by atoms with E-state index in [1.807, 2.05) is 12.1 Å². The minimum atomic E-state index is -0.321. The standard InChI is InChI=1S/C16H18N4O3/c21-20(22)14-6-2-1-5-13(14)19-9-3-4-12(10-19)15-17-16(23-18-15)11-7-8-11/h1-2,5-6,11-12H,3-4,7-10H2/t12-/m1/s1. The first-order valence-corrected chi connectivity index (χ1v) is 8.04. The Kier molecular flexibility index (Phi) is 3.48. The number of nitro benzene ring substituents is 1. The summed E-state index contributed by atoms with van der Waals surface area (Å²) in [4.78, 5) is 17.5. The van der Waals surface area contributed by atoms with Gasteiger partial charge in [-0.15, -0.1) is 0 Å². The van der Waals surface area contributed by atoms with Gasteiger partial charge in [-0.2, -0.15) is 4.98 Å². The predicted molar refractivity (Wildman–Crippen MR) is 83.6 cm³/mol. The van der Waals surface area contributed by atoms with Crippen molar-refractivity contribution in [3.63, 3.8) is 0 Å². The van der Waals surface area contributed by atoms with Gasteiger partial charge in [-0.3, -0.25) is 10.1 Å². The van der Waals surface area contributed by atoms with Crippen molar-refractivity contribution in [1.29, 1.82) is 0 Å². The van der Waals surface area contributed by atoms with Crippen molar-refractivity contribution in [2.45, 2.75) is 37.5 Å². The molecule has 2 aromatic rings. The fraction of sp³-hybridized carbons (Fsp3) is 0.500. The fourth-order valence-electron chi connectivity index (χ4n) is 3.20. The first-order valence-electron chi connectivity index (χ1n) is 8.04. The number of nitro groups is 1. The number of hydrogen-bond acceptors (Lipinski definition) is 6. The lowest BCUT2D eigenvalue weighted by molar-refractivity contribution is -0.384. The third-order valence-electron chi connectivity index (χ3n) is 4.59. The van der Waals surface area contributed by atoms with Gasteiger partial charge in [0.05, 0.1) is 4.92 Å². The summed E-state index contributed by atoms with van der Waals surface area (Å²) < 4.78 is 5.36. The van der Waals surface area contributed by atoms with E-state index in [1.54, 1.807) is 12.1 Å². The molecule has 0 unspecified atom stereocenters. The summed E-state index contributed by atoms with van der Waals surface area (Å²) in [6.07, 6.45) is 4.22. The normalized spacial score (nSPS) is 21.4. The van der Waals surface area contributed by atoms with Crippen LogP contribution in [0.25, 0.3) is 0 Å².